The number of carbonyl (C=O) groups excluding carboxylic acids is 2. The maximum Gasteiger partial charge on any atom is 0.306 e. The van der Waals surface area contributed by atoms with E-state index in [1.807, 2.05) is 0 Å². The summed E-state index contributed by atoms with van der Waals surface area (Å²) in [6, 6.07) is 6.76. The van der Waals surface area contributed by atoms with Gasteiger partial charge < -0.3 is 14.6 Å². The van der Waals surface area contributed by atoms with Crippen molar-refractivity contribution >= 4 is 12.4 Å². The predicted octanol–water partition coefficient (Wildman–Crippen LogP) is 3.61. The lowest BCUT2D eigenvalue weighted by atomic mass is 10.1. The Bertz CT molecular complexity index is 653. The largest absolute Gasteiger partial charge is 0.508 e. The lowest BCUT2D eigenvalue weighted by Gasteiger charge is -2.06. The van der Waals surface area contributed by atoms with Crippen molar-refractivity contribution in [3.63, 3.8) is 0 Å². The van der Waals surface area contributed by atoms with Gasteiger partial charge in [-0.15, -0.1) is 0 Å². The molecule has 0 atom stereocenters. The molecule has 0 amide bonds. The van der Waals surface area contributed by atoms with Crippen molar-refractivity contribution in [1.82, 2.24) is 0 Å². The molecule has 1 aromatic carbocycles. The van der Waals surface area contributed by atoms with Gasteiger partial charge in [0, 0.05) is 12.8 Å². The van der Waals surface area contributed by atoms with Crippen LogP contribution in [0.2, 0.25) is 0 Å². The Labute approximate surface area is 147 Å². The minimum atomic E-state index is -0.302. The number of hydrogen-bond donors (Lipinski definition) is 1. The molecule has 0 aliphatic heterocycles. The summed E-state index contributed by atoms with van der Waals surface area (Å²) in [6.07, 6.45) is 7.59. The van der Waals surface area contributed by atoms with Crippen LogP contribution in [0.4, 0.5) is 0 Å². The lowest BCUT2D eigenvalue weighted by molar-refractivity contribution is -0.143. The molecule has 5 heteroatoms. The Hall–Kier alpha value is -3.08. The predicted molar refractivity (Wildman–Crippen MR) is 95.7 cm³/mol. The highest BCUT2D eigenvalue weighted by atomic mass is 16.5. The summed E-state index contributed by atoms with van der Waals surface area (Å²) in [7, 11) is 0. The molecule has 0 aliphatic carbocycles. The standard InChI is InChI=1S/C20H22O5/c1-3-16(7-11-19(4-2)25-15-21)8-12-20(23)24-14-13-17-5-9-18(22)10-6-17/h3-7,9-11,15,22H,1-2,8,12-14H2/b16-7+,19-11+. The highest BCUT2D eigenvalue weighted by Crippen LogP contribution is 2.11. The molecule has 0 saturated carbocycles. The number of aromatic hydroxyl groups is 1. The normalized spacial score (nSPS) is 11.5. The molecule has 1 N–H and O–H groups in total. The van der Waals surface area contributed by atoms with E-state index in [1.165, 1.54) is 6.08 Å². The SMILES string of the molecule is C=C/C(=C\C=C(/C=C)OC=O)CCC(=O)OCCc1ccc(O)cc1. The lowest BCUT2D eigenvalue weighted by Crippen LogP contribution is -2.07. The van der Waals surface area contributed by atoms with Crippen LogP contribution < -0.4 is 0 Å². The second kappa shape index (κ2) is 11.5. The van der Waals surface area contributed by atoms with Crippen molar-refractivity contribution in [3.05, 3.63) is 78.6 Å². The van der Waals surface area contributed by atoms with Crippen LogP contribution in [0.15, 0.2) is 73.1 Å². The number of phenolic OH excluding ortho intramolecular Hbond substituents is 1. The van der Waals surface area contributed by atoms with Gasteiger partial charge in [0.25, 0.3) is 6.47 Å². The first-order valence-electron chi connectivity index (χ1n) is 7.78. The number of benzene rings is 1. The maximum atomic E-state index is 11.8. The van der Waals surface area contributed by atoms with E-state index in [4.69, 9.17) is 9.47 Å². The van der Waals surface area contributed by atoms with E-state index < -0.39 is 0 Å². The van der Waals surface area contributed by atoms with Crippen molar-refractivity contribution in [2.45, 2.75) is 19.3 Å². The Morgan fingerprint density at radius 2 is 1.80 bits per heavy atom. The number of rotatable bonds is 11. The van der Waals surface area contributed by atoms with E-state index >= 15 is 0 Å². The van der Waals surface area contributed by atoms with Crippen LogP contribution in [-0.4, -0.2) is 24.2 Å². The van der Waals surface area contributed by atoms with Gasteiger partial charge in [0.2, 0.25) is 0 Å². The molecule has 0 heterocycles. The van der Waals surface area contributed by atoms with Gasteiger partial charge in [0.15, 0.2) is 0 Å². The van der Waals surface area contributed by atoms with Crippen LogP contribution in [-0.2, 0) is 25.5 Å². The minimum absolute atomic E-state index is 0.205. The van der Waals surface area contributed by atoms with Crippen LogP contribution in [0.1, 0.15) is 18.4 Å². The number of ether oxygens (including phenoxy) is 2. The van der Waals surface area contributed by atoms with Crippen molar-refractivity contribution in [2.75, 3.05) is 6.61 Å². The smallest absolute Gasteiger partial charge is 0.306 e. The second-order valence-corrected chi connectivity index (χ2v) is 5.07. The molecule has 0 spiro atoms. The number of hydrogen-bond acceptors (Lipinski definition) is 5. The average molecular weight is 342 g/mol. The van der Waals surface area contributed by atoms with Crippen molar-refractivity contribution in [3.8, 4) is 5.75 Å². The number of allylic oxidation sites excluding steroid dienone is 5. The Morgan fingerprint density at radius 1 is 1.08 bits per heavy atom. The van der Waals surface area contributed by atoms with Gasteiger partial charge in [0.05, 0.1) is 6.61 Å². The molecule has 1 rings (SSSR count). The van der Waals surface area contributed by atoms with Crippen LogP contribution in [0.3, 0.4) is 0 Å². The zero-order chi connectivity index (χ0) is 18.5. The number of esters is 1. The Morgan fingerprint density at radius 3 is 2.40 bits per heavy atom. The van der Waals surface area contributed by atoms with E-state index in [9.17, 15) is 14.7 Å². The number of phenols is 1. The fraction of sp³-hybridized carbons (Fsp3) is 0.200. The molecule has 0 aliphatic rings. The quantitative estimate of drug-likeness (QED) is 0.288. The Kier molecular flexibility index (Phi) is 9.15. The molecule has 0 radical (unpaired) electrons. The van der Waals surface area contributed by atoms with Gasteiger partial charge in [-0.3, -0.25) is 9.59 Å². The molecular formula is C20H22O5. The Balaban J connectivity index is 2.40. The average Bonchev–Trinajstić information content (AvgIpc) is 2.62. The fourth-order valence-corrected chi connectivity index (χ4v) is 1.92. The molecule has 0 unspecified atom stereocenters. The van der Waals surface area contributed by atoms with Crippen molar-refractivity contribution in [2.24, 2.45) is 0 Å². The van der Waals surface area contributed by atoms with Gasteiger partial charge in [0.1, 0.15) is 11.5 Å². The number of carbonyl (C=O) groups is 2. The summed E-state index contributed by atoms with van der Waals surface area (Å²) in [5.74, 6) is 0.214. The molecule has 0 fully saturated rings. The molecular weight excluding hydrogens is 320 g/mol. The molecule has 0 aromatic heterocycles. The van der Waals surface area contributed by atoms with E-state index in [1.54, 1.807) is 42.5 Å². The summed E-state index contributed by atoms with van der Waals surface area (Å²) in [5.41, 5.74) is 1.79. The van der Waals surface area contributed by atoms with Gasteiger partial charge in [-0.25, -0.2) is 0 Å². The maximum absolute atomic E-state index is 11.8. The molecule has 25 heavy (non-hydrogen) atoms. The third-order valence-corrected chi connectivity index (χ3v) is 3.32. The third kappa shape index (κ3) is 8.37. The minimum Gasteiger partial charge on any atom is -0.508 e. The summed E-state index contributed by atoms with van der Waals surface area (Å²) >= 11 is 0. The van der Waals surface area contributed by atoms with Gasteiger partial charge in [-0.05, 0) is 41.8 Å². The topological polar surface area (TPSA) is 72.8 Å². The molecule has 132 valence electrons. The van der Waals surface area contributed by atoms with Gasteiger partial charge in [-0.2, -0.15) is 0 Å². The fourth-order valence-electron chi connectivity index (χ4n) is 1.92. The first kappa shape index (κ1) is 20.0. The highest BCUT2D eigenvalue weighted by Gasteiger charge is 2.04. The summed E-state index contributed by atoms with van der Waals surface area (Å²) in [4.78, 5) is 22.1. The van der Waals surface area contributed by atoms with Gasteiger partial charge in [-0.1, -0.05) is 37.4 Å². The highest BCUT2D eigenvalue weighted by molar-refractivity contribution is 5.69. The monoisotopic (exact) mass is 342 g/mol. The summed E-state index contributed by atoms with van der Waals surface area (Å²) in [5, 5.41) is 9.21. The van der Waals surface area contributed by atoms with E-state index in [2.05, 4.69) is 13.2 Å². The zero-order valence-electron chi connectivity index (χ0n) is 14.0. The van der Waals surface area contributed by atoms with Gasteiger partial charge >= 0.3 is 5.97 Å². The van der Waals surface area contributed by atoms with E-state index in [-0.39, 0.29) is 24.7 Å². The van der Waals surface area contributed by atoms with Crippen molar-refractivity contribution < 1.29 is 24.2 Å². The van der Waals surface area contributed by atoms with Crippen LogP contribution in [0, 0.1) is 0 Å². The molecule has 5 nitrogen and oxygen atoms in total. The van der Waals surface area contributed by atoms with Crippen LogP contribution in [0.25, 0.3) is 0 Å². The van der Waals surface area contributed by atoms with Crippen LogP contribution >= 0.6 is 0 Å². The second-order valence-electron chi connectivity index (χ2n) is 5.07. The molecule has 1 aromatic rings. The molecule has 0 saturated heterocycles. The third-order valence-electron chi connectivity index (χ3n) is 3.32. The first-order chi connectivity index (χ1) is 12.1. The summed E-state index contributed by atoms with van der Waals surface area (Å²) in [6.45, 7) is 7.82. The summed E-state index contributed by atoms with van der Waals surface area (Å²) < 4.78 is 9.88. The first-order valence-corrected chi connectivity index (χ1v) is 7.78. The van der Waals surface area contributed by atoms with E-state index in [0.29, 0.717) is 25.1 Å². The van der Waals surface area contributed by atoms with E-state index in [0.717, 1.165) is 11.1 Å². The van der Waals surface area contributed by atoms with Crippen molar-refractivity contribution in [1.29, 1.82) is 0 Å². The molecule has 0 bridgehead atoms. The zero-order valence-corrected chi connectivity index (χ0v) is 14.0. The van der Waals surface area contributed by atoms with Crippen LogP contribution in [0.5, 0.6) is 5.75 Å².